The van der Waals surface area contributed by atoms with Crippen LogP contribution in [0.2, 0.25) is 0 Å². The molecular formula is C22H25N5O7S. The van der Waals surface area contributed by atoms with E-state index in [0.29, 0.717) is 23.9 Å². The molecule has 0 bridgehead atoms. The molecule has 0 spiro atoms. The smallest absolute Gasteiger partial charge is 0.305 e. The van der Waals surface area contributed by atoms with E-state index in [4.69, 9.17) is 5.11 Å². The highest BCUT2D eigenvalue weighted by Crippen LogP contribution is 2.18. The van der Waals surface area contributed by atoms with Crippen LogP contribution in [0.5, 0.6) is 0 Å². The van der Waals surface area contributed by atoms with Crippen LogP contribution in [0.3, 0.4) is 0 Å². The van der Waals surface area contributed by atoms with E-state index < -0.39 is 52.0 Å². The molecule has 0 saturated carbocycles. The Kier molecular flexibility index (Phi) is 8.12. The molecule has 1 fully saturated rings. The number of amides is 3. The predicted octanol–water partition coefficient (Wildman–Crippen LogP) is -0.132. The fourth-order valence-electron chi connectivity index (χ4n) is 3.64. The third-order valence-corrected chi connectivity index (χ3v) is 5.90. The summed E-state index contributed by atoms with van der Waals surface area (Å²) in [6.45, 7) is -0.0721. The van der Waals surface area contributed by atoms with Gasteiger partial charge in [-0.15, -0.1) is 0 Å². The van der Waals surface area contributed by atoms with E-state index >= 15 is 0 Å². The van der Waals surface area contributed by atoms with Crippen molar-refractivity contribution in [3.8, 4) is 0 Å². The monoisotopic (exact) mass is 503 g/mol. The van der Waals surface area contributed by atoms with Gasteiger partial charge in [-0.05, 0) is 37.1 Å². The Morgan fingerprint density at radius 1 is 1.23 bits per heavy atom. The van der Waals surface area contributed by atoms with Gasteiger partial charge in [0.1, 0.15) is 11.7 Å². The van der Waals surface area contributed by atoms with Crippen molar-refractivity contribution in [1.82, 2.24) is 25.5 Å². The molecule has 2 aromatic heterocycles. The van der Waals surface area contributed by atoms with Crippen molar-refractivity contribution >= 4 is 44.6 Å². The minimum atomic E-state index is -3.52. The molecule has 0 aromatic carbocycles. The van der Waals surface area contributed by atoms with E-state index in [0.717, 1.165) is 17.7 Å². The third-order valence-electron chi connectivity index (χ3n) is 5.25. The lowest BCUT2D eigenvalue weighted by Gasteiger charge is -2.25. The molecule has 3 N–H and O–H groups in total. The number of fused-ring (bicyclic) bond motifs is 1. The van der Waals surface area contributed by atoms with Crippen LogP contribution >= 0.6 is 0 Å². The van der Waals surface area contributed by atoms with E-state index in [-0.39, 0.29) is 18.8 Å². The summed E-state index contributed by atoms with van der Waals surface area (Å²) in [5.74, 6) is -2.87. The number of carboxylic acid groups (broad SMARTS) is 1. The number of nitrogens with zero attached hydrogens (tertiary/aromatic N) is 3. The van der Waals surface area contributed by atoms with Crippen LogP contribution in [0.4, 0.5) is 0 Å². The maximum absolute atomic E-state index is 12.8. The number of nitrogens with one attached hydrogen (secondary N) is 2. The molecule has 0 unspecified atom stereocenters. The topological polar surface area (TPSA) is 176 Å². The molecule has 1 saturated heterocycles. The lowest BCUT2D eigenvalue weighted by molar-refractivity contribution is -0.139. The van der Waals surface area contributed by atoms with Crippen molar-refractivity contribution in [3.63, 3.8) is 0 Å². The van der Waals surface area contributed by atoms with Gasteiger partial charge in [-0.25, -0.2) is 13.4 Å². The Morgan fingerprint density at radius 3 is 2.71 bits per heavy atom. The average Bonchev–Trinajstić information content (AvgIpc) is 3.30. The summed E-state index contributed by atoms with van der Waals surface area (Å²) in [7, 11) is -3.52. The molecule has 0 radical (unpaired) electrons. The Bertz CT molecular complexity index is 1280. The highest BCUT2D eigenvalue weighted by atomic mass is 32.2. The average molecular weight is 504 g/mol. The number of aromatic nitrogens is 2. The number of carboxylic acids is 1. The summed E-state index contributed by atoms with van der Waals surface area (Å²) >= 11 is 0. The van der Waals surface area contributed by atoms with Crippen molar-refractivity contribution < 1.29 is 32.7 Å². The van der Waals surface area contributed by atoms with Gasteiger partial charge in [0.2, 0.25) is 11.8 Å². The van der Waals surface area contributed by atoms with Gasteiger partial charge in [0, 0.05) is 24.4 Å². The van der Waals surface area contributed by atoms with Gasteiger partial charge in [-0.2, -0.15) is 0 Å². The molecule has 3 rings (SSSR count). The van der Waals surface area contributed by atoms with Gasteiger partial charge < -0.3 is 20.6 Å². The second kappa shape index (κ2) is 11.0. The first-order valence-electron chi connectivity index (χ1n) is 10.7. The number of aliphatic carboxylic acids is 1. The maximum atomic E-state index is 12.8. The third kappa shape index (κ3) is 7.30. The molecule has 3 heterocycles. The minimum Gasteiger partial charge on any atom is -0.481 e. The predicted molar refractivity (Wildman–Crippen MR) is 125 cm³/mol. The number of pyridine rings is 2. The van der Waals surface area contributed by atoms with Crippen LogP contribution in [-0.2, 0) is 24.2 Å². The van der Waals surface area contributed by atoms with Crippen LogP contribution in [0.25, 0.3) is 11.0 Å². The molecule has 2 aromatic rings. The molecule has 12 nitrogen and oxygen atoms in total. The van der Waals surface area contributed by atoms with Crippen molar-refractivity contribution in [1.29, 1.82) is 0 Å². The number of hydrogen-bond acceptors (Lipinski definition) is 8. The number of hydrogen-bond donors (Lipinski definition) is 3. The highest BCUT2D eigenvalue weighted by Gasteiger charge is 2.35. The SMILES string of the molecule is CS(=O)(=O)/C=C/[C@H](CC(=O)O)NC(=O)[C@H]1CCCN1C(=O)CNC(=O)c1ccc2ncccc2n1. The summed E-state index contributed by atoms with van der Waals surface area (Å²) in [5, 5.41) is 14.9. The zero-order chi connectivity index (χ0) is 25.6. The molecule has 0 aliphatic carbocycles. The minimum absolute atomic E-state index is 0.114. The largest absolute Gasteiger partial charge is 0.481 e. The number of carbonyl (C=O) groups is 4. The van der Waals surface area contributed by atoms with Crippen molar-refractivity contribution in [2.75, 3.05) is 19.3 Å². The normalized spacial score (nSPS) is 16.8. The van der Waals surface area contributed by atoms with Crippen LogP contribution < -0.4 is 10.6 Å². The molecular weight excluding hydrogens is 478 g/mol. The van der Waals surface area contributed by atoms with E-state index in [1.807, 2.05) is 0 Å². The van der Waals surface area contributed by atoms with Crippen LogP contribution in [0.1, 0.15) is 29.8 Å². The van der Waals surface area contributed by atoms with Crippen LogP contribution in [-0.4, -0.2) is 83.5 Å². The number of carbonyl (C=O) groups excluding carboxylic acids is 3. The fraction of sp³-hybridized carbons (Fsp3) is 0.364. The first-order chi connectivity index (χ1) is 16.5. The van der Waals surface area contributed by atoms with E-state index in [1.54, 1.807) is 24.4 Å². The molecule has 2 atom stereocenters. The number of likely N-dealkylation sites (tertiary alicyclic amines) is 1. The van der Waals surface area contributed by atoms with Gasteiger partial charge in [0.05, 0.1) is 30.0 Å². The molecule has 186 valence electrons. The van der Waals surface area contributed by atoms with Gasteiger partial charge in [-0.3, -0.25) is 24.2 Å². The Morgan fingerprint density at radius 2 is 2.00 bits per heavy atom. The van der Waals surface area contributed by atoms with E-state index in [1.165, 1.54) is 11.0 Å². The second-order valence-corrected chi connectivity index (χ2v) is 9.97. The van der Waals surface area contributed by atoms with Crippen molar-refractivity contribution in [3.05, 3.63) is 47.6 Å². The quantitative estimate of drug-likeness (QED) is 0.421. The Balaban J connectivity index is 1.61. The van der Waals surface area contributed by atoms with Gasteiger partial charge in [0.25, 0.3) is 5.91 Å². The first-order valence-corrected chi connectivity index (χ1v) is 12.7. The van der Waals surface area contributed by atoms with Gasteiger partial charge >= 0.3 is 5.97 Å². The maximum Gasteiger partial charge on any atom is 0.305 e. The summed E-state index contributed by atoms with van der Waals surface area (Å²) in [5.41, 5.74) is 1.27. The summed E-state index contributed by atoms with van der Waals surface area (Å²) in [6.07, 6.45) is 4.01. The summed E-state index contributed by atoms with van der Waals surface area (Å²) in [6, 6.07) is 4.60. The molecule has 1 aliphatic rings. The number of rotatable bonds is 9. The highest BCUT2D eigenvalue weighted by molar-refractivity contribution is 7.93. The first kappa shape index (κ1) is 25.7. The van der Waals surface area contributed by atoms with Crippen LogP contribution in [0.15, 0.2) is 41.9 Å². The molecule has 13 heteroatoms. The zero-order valence-electron chi connectivity index (χ0n) is 18.9. The second-order valence-electron chi connectivity index (χ2n) is 8.04. The van der Waals surface area contributed by atoms with E-state index in [9.17, 15) is 27.6 Å². The van der Waals surface area contributed by atoms with Crippen molar-refractivity contribution in [2.45, 2.75) is 31.3 Å². The molecule has 35 heavy (non-hydrogen) atoms. The fourth-order valence-corrected chi connectivity index (χ4v) is 4.12. The van der Waals surface area contributed by atoms with Gasteiger partial charge in [-0.1, -0.05) is 6.08 Å². The summed E-state index contributed by atoms with van der Waals surface area (Å²) < 4.78 is 22.7. The zero-order valence-corrected chi connectivity index (χ0v) is 19.7. The van der Waals surface area contributed by atoms with Crippen molar-refractivity contribution in [2.24, 2.45) is 0 Å². The van der Waals surface area contributed by atoms with E-state index in [2.05, 4.69) is 20.6 Å². The Hall–Kier alpha value is -3.87. The summed E-state index contributed by atoms with van der Waals surface area (Å²) in [4.78, 5) is 58.8. The molecule has 3 amide bonds. The Labute approximate surface area is 201 Å². The number of sulfone groups is 1. The lowest BCUT2D eigenvalue weighted by Crippen LogP contribution is -2.51. The lowest BCUT2D eigenvalue weighted by atomic mass is 10.1. The standard InChI is InChI=1S/C22H25N5O7S/c1-35(33,34)11-8-14(12-20(29)30)25-22(32)18-5-3-10-27(18)19(28)13-24-21(31)17-7-6-15-16(26-17)4-2-9-23-15/h2,4,6-9,11,14,18H,3,5,10,12-13H2,1H3,(H,24,31)(H,25,32)(H,29,30)/b11-8+/t14-,18-/m1/s1. The van der Waals surface area contributed by atoms with Crippen LogP contribution in [0, 0.1) is 0 Å². The van der Waals surface area contributed by atoms with Gasteiger partial charge in [0.15, 0.2) is 9.84 Å². The molecule has 1 aliphatic heterocycles.